The van der Waals surface area contributed by atoms with Crippen molar-refractivity contribution in [2.45, 2.75) is 128 Å². The third-order valence-electron chi connectivity index (χ3n) is 4.32. The molecule has 0 fully saturated rings. The van der Waals surface area contributed by atoms with E-state index < -0.39 is 0 Å². The molecule has 0 radical (unpaired) electrons. The Morgan fingerprint density at radius 1 is 0.613 bits per heavy atom. The summed E-state index contributed by atoms with van der Waals surface area (Å²) < 4.78 is 0. The van der Waals surface area contributed by atoms with Crippen molar-refractivity contribution < 1.29 is 19.6 Å². The molecule has 0 aromatic rings. The highest BCUT2D eigenvalue weighted by Gasteiger charge is 2.30. The predicted molar refractivity (Wildman–Crippen MR) is 134 cm³/mol. The molecular weight excluding hydrogens is 482 g/mol. The van der Waals surface area contributed by atoms with Gasteiger partial charge >= 0.3 is 0 Å². The molecule has 0 saturated carbocycles. The van der Waals surface area contributed by atoms with Crippen LogP contribution in [0.2, 0.25) is 0 Å². The minimum atomic E-state index is -0.379. The van der Waals surface area contributed by atoms with Crippen molar-refractivity contribution in [1.82, 2.24) is 0 Å². The summed E-state index contributed by atoms with van der Waals surface area (Å²) >= 11 is 25.3. The molecule has 0 aromatic carbocycles. The molecule has 0 aromatic heterocycles. The molecule has 188 valence electrons. The number of hydrogen-bond donors (Lipinski definition) is 0. The fourth-order valence-electron chi connectivity index (χ4n) is 3.10. The predicted octanol–water partition coefficient (Wildman–Crippen LogP) is 8.28. The van der Waals surface area contributed by atoms with Crippen LogP contribution in [0.15, 0.2) is 0 Å². The summed E-state index contributed by atoms with van der Waals surface area (Å²) in [6.07, 6.45) is 4.02. The van der Waals surface area contributed by atoms with Crippen LogP contribution in [0.25, 0.3) is 0 Å². The highest BCUT2D eigenvalue weighted by atomic mass is 35.5. The largest absolute Gasteiger partial charge is 0.233 e. The van der Waals surface area contributed by atoms with Crippen LogP contribution in [0.1, 0.15) is 93.9 Å². The number of halogens is 4. The number of hydrogen-bond acceptors (Lipinski definition) is 4. The van der Waals surface area contributed by atoms with E-state index in [-0.39, 0.29) is 39.6 Å². The zero-order valence-corrected chi connectivity index (χ0v) is 23.6. The van der Waals surface area contributed by atoms with Gasteiger partial charge in [0.1, 0.15) is 0 Å². The second kappa shape index (κ2) is 15.1. The molecule has 4 atom stereocenters. The lowest BCUT2D eigenvalue weighted by Gasteiger charge is -2.32. The molecule has 31 heavy (non-hydrogen) atoms. The van der Waals surface area contributed by atoms with Gasteiger partial charge < -0.3 is 0 Å². The SMILES string of the molecule is CC(C)(CC(Cl)CC(CCCl)OOC(C)(C)C)CC(Cl)CC(CCCl)OOC(C)(C)C. The Morgan fingerprint density at radius 3 is 1.19 bits per heavy atom. The molecule has 0 bridgehead atoms. The van der Waals surface area contributed by atoms with E-state index in [9.17, 15) is 0 Å². The summed E-state index contributed by atoms with van der Waals surface area (Å²) in [4.78, 5) is 22.2. The first kappa shape index (κ1) is 32.0. The van der Waals surface area contributed by atoms with Crippen LogP contribution >= 0.6 is 46.4 Å². The van der Waals surface area contributed by atoms with Crippen molar-refractivity contribution in [1.29, 1.82) is 0 Å². The van der Waals surface area contributed by atoms with Gasteiger partial charge in [0.25, 0.3) is 0 Å². The molecule has 0 heterocycles. The van der Waals surface area contributed by atoms with Gasteiger partial charge in [-0.2, -0.15) is 0 Å². The van der Waals surface area contributed by atoms with Gasteiger partial charge in [-0.1, -0.05) is 13.8 Å². The molecule has 0 saturated heterocycles. The Balaban J connectivity index is 4.68. The van der Waals surface area contributed by atoms with Crippen LogP contribution in [0.3, 0.4) is 0 Å². The Bertz CT molecular complexity index is 423. The molecule has 0 spiro atoms. The van der Waals surface area contributed by atoms with E-state index in [2.05, 4.69) is 13.8 Å². The quantitative estimate of drug-likeness (QED) is 0.115. The maximum absolute atomic E-state index is 6.70. The summed E-state index contributed by atoms with van der Waals surface area (Å²) in [7, 11) is 0. The number of alkyl halides is 4. The van der Waals surface area contributed by atoms with Gasteiger partial charge in [-0.05, 0) is 85.5 Å². The lowest BCUT2D eigenvalue weighted by atomic mass is 9.81. The van der Waals surface area contributed by atoms with Crippen molar-refractivity contribution in [3.63, 3.8) is 0 Å². The third-order valence-corrected chi connectivity index (χ3v) is 5.42. The molecular formula is C23H44Cl4O4. The smallest absolute Gasteiger partial charge is 0.0955 e. The summed E-state index contributed by atoms with van der Waals surface area (Å²) in [5, 5.41) is -0.149. The van der Waals surface area contributed by atoms with Crippen LogP contribution in [0.5, 0.6) is 0 Å². The van der Waals surface area contributed by atoms with Crippen molar-refractivity contribution >= 4 is 46.4 Å². The van der Waals surface area contributed by atoms with Crippen LogP contribution in [0.4, 0.5) is 0 Å². The molecule has 8 heteroatoms. The van der Waals surface area contributed by atoms with E-state index in [0.29, 0.717) is 37.4 Å². The fourth-order valence-corrected chi connectivity index (χ4v) is 4.82. The minimum absolute atomic E-state index is 0.0500. The Kier molecular flexibility index (Phi) is 15.6. The van der Waals surface area contributed by atoms with Gasteiger partial charge in [-0.3, -0.25) is 0 Å². The summed E-state index contributed by atoms with van der Waals surface area (Å²) in [6, 6.07) is 0. The van der Waals surface area contributed by atoms with Gasteiger partial charge in [-0.25, -0.2) is 19.6 Å². The Labute approximate surface area is 210 Å². The standard InChI is InChI=1S/C23H44Cl4O4/c1-21(2,3)30-28-19(9-11-24)13-17(26)15-23(7,8)16-18(27)14-20(10-12-25)29-31-22(4,5)6/h17-20H,9-16H2,1-8H3. The zero-order chi connectivity index (χ0) is 24.3. The van der Waals surface area contributed by atoms with E-state index in [1.165, 1.54) is 0 Å². The summed E-state index contributed by atoms with van der Waals surface area (Å²) in [6.45, 7) is 16.0. The van der Waals surface area contributed by atoms with Gasteiger partial charge in [0.15, 0.2) is 0 Å². The molecule has 0 aliphatic heterocycles. The fraction of sp³-hybridized carbons (Fsp3) is 1.00. The van der Waals surface area contributed by atoms with Gasteiger partial charge in [-0.15, -0.1) is 46.4 Å². The van der Waals surface area contributed by atoms with Gasteiger partial charge in [0, 0.05) is 22.5 Å². The monoisotopic (exact) mass is 524 g/mol. The van der Waals surface area contributed by atoms with Gasteiger partial charge in [0.2, 0.25) is 0 Å². The highest BCUT2D eigenvalue weighted by molar-refractivity contribution is 6.21. The maximum Gasteiger partial charge on any atom is 0.0955 e. The molecule has 0 aliphatic carbocycles. The van der Waals surface area contributed by atoms with E-state index in [1.54, 1.807) is 0 Å². The second-order valence-electron chi connectivity index (χ2n) is 11.0. The average molecular weight is 526 g/mol. The van der Waals surface area contributed by atoms with Crippen LogP contribution < -0.4 is 0 Å². The van der Waals surface area contributed by atoms with E-state index in [4.69, 9.17) is 66.0 Å². The first-order chi connectivity index (χ1) is 14.1. The zero-order valence-electron chi connectivity index (χ0n) is 20.6. The molecule has 0 rings (SSSR count). The second-order valence-corrected chi connectivity index (χ2v) is 13.0. The van der Waals surface area contributed by atoms with Crippen molar-refractivity contribution in [2.75, 3.05) is 11.8 Å². The van der Waals surface area contributed by atoms with Crippen LogP contribution in [0, 0.1) is 5.41 Å². The molecule has 0 amide bonds. The van der Waals surface area contributed by atoms with Gasteiger partial charge in [0.05, 0.1) is 23.4 Å². The van der Waals surface area contributed by atoms with E-state index in [1.807, 2.05) is 41.5 Å². The van der Waals surface area contributed by atoms with E-state index in [0.717, 1.165) is 12.8 Å². The maximum atomic E-state index is 6.70. The molecule has 4 unspecified atom stereocenters. The highest BCUT2D eigenvalue weighted by Crippen LogP contribution is 2.35. The summed E-state index contributed by atoms with van der Waals surface area (Å²) in [5.74, 6) is 0.987. The average Bonchev–Trinajstić information content (AvgIpc) is 2.55. The normalized spacial score (nSPS) is 17.4. The van der Waals surface area contributed by atoms with Crippen LogP contribution in [-0.2, 0) is 19.6 Å². The Morgan fingerprint density at radius 2 is 0.935 bits per heavy atom. The first-order valence-corrected chi connectivity index (χ1v) is 13.1. The lowest BCUT2D eigenvalue weighted by molar-refractivity contribution is -0.374. The van der Waals surface area contributed by atoms with E-state index >= 15 is 0 Å². The molecule has 0 N–H and O–H groups in total. The lowest BCUT2D eigenvalue weighted by Crippen LogP contribution is -2.30. The van der Waals surface area contributed by atoms with Crippen molar-refractivity contribution in [3.8, 4) is 0 Å². The topological polar surface area (TPSA) is 36.9 Å². The van der Waals surface area contributed by atoms with Crippen molar-refractivity contribution in [2.24, 2.45) is 5.41 Å². The molecule has 0 aliphatic rings. The van der Waals surface area contributed by atoms with Crippen molar-refractivity contribution in [3.05, 3.63) is 0 Å². The summed E-state index contributed by atoms with van der Waals surface area (Å²) in [5.41, 5.74) is -0.808. The minimum Gasteiger partial charge on any atom is -0.233 e. The molecule has 4 nitrogen and oxygen atoms in total. The third kappa shape index (κ3) is 19.0. The first-order valence-electron chi connectivity index (χ1n) is 11.2. The van der Waals surface area contributed by atoms with Crippen LogP contribution in [-0.4, -0.2) is 45.9 Å². The Hall–Kier alpha value is 1.000. The number of rotatable bonds is 16.